The van der Waals surface area contributed by atoms with Gasteiger partial charge in [0.25, 0.3) is 0 Å². The Kier molecular flexibility index (Phi) is 5.37. The number of aromatic amines is 1. The molecule has 4 rings (SSSR count). The van der Waals surface area contributed by atoms with E-state index in [1.165, 1.54) is 25.7 Å². The summed E-state index contributed by atoms with van der Waals surface area (Å²) in [6, 6.07) is 2.10. The fourth-order valence-corrected chi connectivity index (χ4v) is 4.43. The number of nitrogens with zero attached hydrogens (tertiary/aromatic N) is 3. The van der Waals surface area contributed by atoms with Gasteiger partial charge in [0.05, 0.1) is 6.20 Å². The van der Waals surface area contributed by atoms with Gasteiger partial charge in [-0.1, -0.05) is 25.7 Å². The maximum atomic E-state index is 11.3. The zero-order valence-electron chi connectivity index (χ0n) is 16.2. The number of H-pyrrole nitrogens is 1. The largest absolute Gasteiger partial charge is 0.481 e. The van der Waals surface area contributed by atoms with Crippen LogP contribution in [-0.2, 0) is 17.6 Å². The van der Waals surface area contributed by atoms with E-state index in [2.05, 4.69) is 21.2 Å². The van der Waals surface area contributed by atoms with Crippen molar-refractivity contribution in [1.29, 1.82) is 0 Å². The fraction of sp³-hybridized carbons (Fsp3) is 0.455. The number of pyridine rings is 2. The summed E-state index contributed by atoms with van der Waals surface area (Å²) < 4.78 is 0. The second-order valence-corrected chi connectivity index (χ2v) is 7.88. The van der Waals surface area contributed by atoms with Crippen LogP contribution in [0.3, 0.4) is 0 Å². The minimum Gasteiger partial charge on any atom is -0.481 e. The normalized spacial score (nSPS) is 14.8. The van der Waals surface area contributed by atoms with Gasteiger partial charge in [-0.3, -0.25) is 14.9 Å². The molecule has 6 heteroatoms. The molecule has 3 aromatic heterocycles. The monoisotopic (exact) mass is 378 g/mol. The van der Waals surface area contributed by atoms with Crippen LogP contribution in [0.1, 0.15) is 55.3 Å². The van der Waals surface area contributed by atoms with Gasteiger partial charge in [0, 0.05) is 41.0 Å². The molecule has 3 aromatic rings. The Balaban J connectivity index is 1.81. The van der Waals surface area contributed by atoms with Gasteiger partial charge in [-0.15, -0.1) is 0 Å². The SMILES string of the molecule is Cc1cncc(-c2c(CCC(=O)O)c(CCC3CCCC3)nc3[nH]ncc23)c1. The van der Waals surface area contributed by atoms with Crippen molar-refractivity contribution in [2.75, 3.05) is 0 Å². The van der Waals surface area contributed by atoms with Gasteiger partial charge in [0.1, 0.15) is 0 Å². The van der Waals surface area contributed by atoms with Gasteiger partial charge in [0.15, 0.2) is 5.65 Å². The van der Waals surface area contributed by atoms with Gasteiger partial charge in [-0.05, 0) is 49.3 Å². The Morgan fingerprint density at radius 3 is 2.79 bits per heavy atom. The van der Waals surface area contributed by atoms with E-state index in [4.69, 9.17) is 4.98 Å². The lowest BCUT2D eigenvalue weighted by Gasteiger charge is -2.17. The molecule has 0 saturated heterocycles. The van der Waals surface area contributed by atoms with E-state index in [0.29, 0.717) is 6.42 Å². The van der Waals surface area contributed by atoms with E-state index >= 15 is 0 Å². The highest BCUT2D eigenvalue weighted by molar-refractivity contribution is 5.94. The number of aromatic nitrogens is 4. The van der Waals surface area contributed by atoms with Crippen LogP contribution in [-0.4, -0.2) is 31.2 Å². The van der Waals surface area contributed by atoms with Crippen molar-refractivity contribution < 1.29 is 9.90 Å². The molecule has 0 aromatic carbocycles. The molecule has 2 N–H and O–H groups in total. The number of rotatable bonds is 7. The van der Waals surface area contributed by atoms with E-state index in [-0.39, 0.29) is 6.42 Å². The molecule has 28 heavy (non-hydrogen) atoms. The molecular formula is C22H26N4O2. The molecule has 0 spiro atoms. The minimum atomic E-state index is -0.789. The number of aliphatic carboxylic acids is 1. The van der Waals surface area contributed by atoms with Crippen LogP contribution >= 0.6 is 0 Å². The molecule has 0 bridgehead atoms. The lowest BCUT2D eigenvalue weighted by Crippen LogP contribution is -2.08. The fourth-order valence-electron chi connectivity index (χ4n) is 4.43. The van der Waals surface area contributed by atoms with Crippen molar-refractivity contribution in [3.63, 3.8) is 0 Å². The number of carbonyl (C=O) groups is 1. The summed E-state index contributed by atoms with van der Waals surface area (Å²) in [5, 5.41) is 17.4. The van der Waals surface area contributed by atoms with E-state index in [1.54, 1.807) is 6.20 Å². The third kappa shape index (κ3) is 3.91. The molecule has 0 atom stereocenters. The molecule has 146 valence electrons. The van der Waals surface area contributed by atoms with Gasteiger partial charge >= 0.3 is 5.97 Å². The van der Waals surface area contributed by atoms with Crippen LogP contribution in [0.4, 0.5) is 0 Å². The number of aryl methyl sites for hydroxylation is 2. The zero-order chi connectivity index (χ0) is 19.5. The molecule has 1 aliphatic carbocycles. The highest BCUT2D eigenvalue weighted by Crippen LogP contribution is 2.35. The summed E-state index contributed by atoms with van der Waals surface area (Å²) in [6.07, 6.45) is 13.2. The number of hydrogen-bond acceptors (Lipinski definition) is 4. The summed E-state index contributed by atoms with van der Waals surface area (Å²) >= 11 is 0. The summed E-state index contributed by atoms with van der Waals surface area (Å²) in [6.45, 7) is 2.02. The predicted molar refractivity (Wildman–Crippen MR) is 108 cm³/mol. The Labute approximate surface area is 164 Å². The lowest BCUT2D eigenvalue weighted by atomic mass is 9.90. The van der Waals surface area contributed by atoms with E-state index in [1.807, 2.05) is 19.3 Å². The van der Waals surface area contributed by atoms with Gasteiger partial charge in [-0.2, -0.15) is 5.10 Å². The topological polar surface area (TPSA) is 91.8 Å². The first-order valence-electron chi connectivity index (χ1n) is 10.1. The zero-order valence-corrected chi connectivity index (χ0v) is 16.2. The summed E-state index contributed by atoms with van der Waals surface area (Å²) in [5.74, 6) is -0.0296. The summed E-state index contributed by atoms with van der Waals surface area (Å²) in [4.78, 5) is 20.5. The number of fused-ring (bicyclic) bond motifs is 1. The molecule has 0 aliphatic heterocycles. The molecule has 0 radical (unpaired) electrons. The van der Waals surface area contributed by atoms with Crippen molar-refractivity contribution in [2.24, 2.45) is 5.92 Å². The smallest absolute Gasteiger partial charge is 0.303 e. The van der Waals surface area contributed by atoms with E-state index < -0.39 is 5.97 Å². The Morgan fingerprint density at radius 1 is 1.21 bits per heavy atom. The molecule has 1 fully saturated rings. The molecule has 1 aliphatic rings. The van der Waals surface area contributed by atoms with Gasteiger partial charge < -0.3 is 5.11 Å². The lowest BCUT2D eigenvalue weighted by molar-refractivity contribution is -0.136. The number of hydrogen-bond donors (Lipinski definition) is 2. The number of carboxylic acid groups (broad SMARTS) is 1. The molecule has 6 nitrogen and oxygen atoms in total. The van der Waals surface area contributed by atoms with Crippen LogP contribution in [0.15, 0.2) is 24.7 Å². The average molecular weight is 378 g/mol. The standard InChI is InChI=1S/C22H26N4O2/c1-14-10-16(12-23-11-14)21-17(7-9-20(27)28)19(8-6-15-4-2-3-5-15)25-22-18(21)13-24-26-22/h10-13,15H,2-9H2,1H3,(H,27,28)(H,24,25,26). The minimum absolute atomic E-state index is 0.0910. The highest BCUT2D eigenvalue weighted by atomic mass is 16.4. The van der Waals surface area contributed by atoms with Crippen molar-refractivity contribution in [3.8, 4) is 11.1 Å². The third-order valence-corrected chi connectivity index (χ3v) is 5.80. The Morgan fingerprint density at radius 2 is 2.04 bits per heavy atom. The molecular weight excluding hydrogens is 352 g/mol. The van der Waals surface area contributed by atoms with Crippen LogP contribution in [0.2, 0.25) is 0 Å². The van der Waals surface area contributed by atoms with Gasteiger partial charge in [-0.25, -0.2) is 4.98 Å². The van der Waals surface area contributed by atoms with Crippen molar-refractivity contribution in [3.05, 3.63) is 41.5 Å². The first kappa shape index (κ1) is 18.6. The van der Waals surface area contributed by atoms with E-state index in [9.17, 15) is 9.90 Å². The number of carboxylic acids is 1. The van der Waals surface area contributed by atoms with Crippen molar-refractivity contribution in [1.82, 2.24) is 20.2 Å². The van der Waals surface area contributed by atoms with Crippen LogP contribution in [0.5, 0.6) is 0 Å². The highest BCUT2D eigenvalue weighted by Gasteiger charge is 2.21. The third-order valence-electron chi connectivity index (χ3n) is 5.80. The predicted octanol–water partition coefficient (Wildman–Crippen LogP) is 4.47. The summed E-state index contributed by atoms with van der Waals surface area (Å²) in [7, 11) is 0. The number of nitrogens with one attached hydrogen (secondary N) is 1. The second kappa shape index (κ2) is 8.09. The maximum absolute atomic E-state index is 11.3. The Bertz CT molecular complexity index is 989. The quantitative estimate of drug-likeness (QED) is 0.633. The summed E-state index contributed by atoms with van der Waals surface area (Å²) in [5.41, 5.74) is 5.89. The van der Waals surface area contributed by atoms with Gasteiger partial charge in [0.2, 0.25) is 0 Å². The van der Waals surface area contributed by atoms with E-state index in [0.717, 1.165) is 57.7 Å². The average Bonchev–Trinajstić information content (AvgIpc) is 3.35. The maximum Gasteiger partial charge on any atom is 0.303 e. The molecule has 1 saturated carbocycles. The first-order valence-corrected chi connectivity index (χ1v) is 10.1. The second-order valence-electron chi connectivity index (χ2n) is 7.88. The van der Waals surface area contributed by atoms with Crippen molar-refractivity contribution in [2.45, 2.75) is 58.3 Å². The molecule has 3 heterocycles. The van der Waals surface area contributed by atoms with Crippen LogP contribution in [0.25, 0.3) is 22.2 Å². The van der Waals surface area contributed by atoms with Crippen molar-refractivity contribution >= 4 is 17.0 Å². The Hall–Kier alpha value is -2.76. The molecule has 0 unspecified atom stereocenters. The first-order chi connectivity index (χ1) is 13.6. The molecule has 0 amide bonds. The van der Waals surface area contributed by atoms with Crippen LogP contribution in [0, 0.1) is 12.8 Å². The van der Waals surface area contributed by atoms with Crippen LogP contribution < -0.4 is 0 Å².